The van der Waals surface area contributed by atoms with Crippen molar-refractivity contribution in [2.75, 3.05) is 24.2 Å². The van der Waals surface area contributed by atoms with Crippen LogP contribution < -0.4 is 11.1 Å². The first kappa shape index (κ1) is 11.7. The van der Waals surface area contributed by atoms with E-state index in [1.165, 1.54) is 0 Å². The molecule has 0 spiro atoms. The average molecular weight is 231 g/mol. The molecule has 1 heterocycles. The zero-order valence-corrected chi connectivity index (χ0v) is 9.69. The number of hydrogen-bond acceptors (Lipinski definition) is 4. The Morgan fingerprint density at radius 1 is 1.24 bits per heavy atom. The molecular weight excluding hydrogens is 214 g/mol. The van der Waals surface area contributed by atoms with Crippen LogP contribution in [0.4, 0.5) is 11.4 Å². The minimum absolute atomic E-state index is 0.237. The third kappa shape index (κ3) is 2.65. The predicted molar refractivity (Wildman–Crippen MR) is 71.0 cm³/mol. The van der Waals surface area contributed by atoms with Crippen LogP contribution in [0.1, 0.15) is 12.8 Å². The first-order valence-electron chi connectivity index (χ1n) is 5.80. The number of benzene rings is 1. The Labute approximate surface area is 100 Å². The molecule has 0 unspecified atom stereocenters. The largest absolute Gasteiger partial charge is 0.397 e. The van der Waals surface area contributed by atoms with E-state index in [1.54, 1.807) is 12.4 Å². The van der Waals surface area contributed by atoms with E-state index in [1.807, 2.05) is 18.2 Å². The molecule has 4 heteroatoms. The lowest BCUT2D eigenvalue weighted by molar-refractivity contribution is 0.286. The molecule has 0 aliphatic rings. The second kappa shape index (κ2) is 5.50. The Bertz CT molecular complexity index is 499. The summed E-state index contributed by atoms with van der Waals surface area (Å²) in [6.45, 7) is 1.06. The Morgan fingerprint density at radius 2 is 2.12 bits per heavy atom. The fourth-order valence-corrected chi connectivity index (χ4v) is 1.81. The summed E-state index contributed by atoms with van der Waals surface area (Å²) in [6.07, 6.45) is 5.30. The zero-order chi connectivity index (χ0) is 12.1. The normalized spacial score (nSPS) is 10.6. The van der Waals surface area contributed by atoms with Gasteiger partial charge in [-0.25, -0.2) is 0 Å². The molecule has 4 N–H and O–H groups in total. The van der Waals surface area contributed by atoms with Crippen molar-refractivity contribution in [3.05, 3.63) is 30.6 Å². The first-order chi connectivity index (χ1) is 8.33. The highest BCUT2D eigenvalue weighted by Gasteiger charge is 2.03. The minimum Gasteiger partial charge on any atom is -0.397 e. The second-order valence-electron chi connectivity index (χ2n) is 3.98. The van der Waals surface area contributed by atoms with Crippen molar-refractivity contribution < 1.29 is 5.11 Å². The fraction of sp³-hybridized carbons (Fsp3) is 0.308. The number of anilines is 2. The van der Waals surface area contributed by atoms with Gasteiger partial charge in [0.25, 0.3) is 0 Å². The molecule has 4 nitrogen and oxygen atoms in total. The van der Waals surface area contributed by atoms with E-state index in [9.17, 15) is 0 Å². The van der Waals surface area contributed by atoms with Crippen LogP contribution in [0.2, 0.25) is 0 Å². The number of fused-ring (bicyclic) bond motifs is 1. The zero-order valence-electron chi connectivity index (χ0n) is 9.69. The predicted octanol–water partition coefficient (Wildman–Crippen LogP) is 2.00. The Kier molecular flexibility index (Phi) is 3.77. The van der Waals surface area contributed by atoms with Gasteiger partial charge in [0.1, 0.15) is 0 Å². The van der Waals surface area contributed by atoms with Gasteiger partial charge in [-0.2, -0.15) is 0 Å². The Hall–Kier alpha value is -1.81. The Balaban J connectivity index is 2.15. The average Bonchev–Trinajstić information content (AvgIpc) is 2.37. The molecule has 0 saturated carbocycles. The van der Waals surface area contributed by atoms with E-state index in [2.05, 4.69) is 10.3 Å². The first-order valence-corrected chi connectivity index (χ1v) is 5.80. The van der Waals surface area contributed by atoms with Gasteiger partial charge in [0, 0.05) is 36.3 Å². The van der Waals surface area contributed by atoms with Gasteiger partial charge >= 0.3 is 0 Å². The molecule has 90 valence electrons. The quantitative estimate of drug-likeness (QED) is 0.543. The van der Waals surface area contributed by atoms with Crippen LogP contribution in [0, 0.1) is 0 Å². The summed E-state index contributed by atoms with van der Waals surface area (Å²) >= 11 is 0. The number of aromatic nitrogens is 1. The molecule has 0 saturated heterocycles. The summed E-state index contributed by atoms with van der Waals surface area (Å²) in [7, 11) is 0. The molecule has 2 aromatic rings. The number of pyridine rings is 1. The number of nitrogen functional groups attached to an aromatic ring is 1. The van der Waals surface area contributed by atoms with Gasteiger partial charge in [0.15, 0.2) is 0 Å². The molecule has 0 atom stereocenters. The molecule has 0 bridgehead atoms. The monoisotopic (exact) mass is 231 g/mol. The SMILES string of the molecule is Nc1c(NCCCCO)ccc2cnccc12. The highest BCUT2D eigenvalue weighted by atomic mass is 16.2. The molecule has 1 aromatic heterocycles. The lowest BCUT2D eigenvalue weighted by Crippen LogP contribution is -2.05. The van der Waals surface area contributed by atoms with Crippen molar-refractivity contribution in [3.63, 3.8) is 0 Å². The molecule has 2 rings (SSSR count). The molecule has 0 amide bonds. The van der Waals surface area contributed by atoms with Crippen molar-refractivity contribution in [3.8, 4) is 0 Å². The van der Waals surface area contributed by atoms with Gasteiger partial charge < -0.3 is 16.2 Å². The molecule has 1 aromatic carbocycles. The standard InChI is InChI=1S/C13H17N3O/c14-13-11-5-7-15-9-10(11)3-4-12(13)16-6-1-2-8-17/h3-5,7,9,16-17H,1-2,6,8,14H2. The van der Waals surface area contributed by atoms with Crippen molar-refractivity contribution >= 4 is 22.1 Å². The van der Waals surface area contributed by atoms with Crippen LogP contribution in [-0.2, 0) is 0 Å². The van der Waals surface area contributed by atoms with Gasteiger partial charge in [-0.05, 0) is 25.0 Å². The van der Waals surface area contributed by atoms with Crippen molar-refractivity contribution in [1.82, 2.24) is 4.98 Å². The van der Waals surface area contributed by atoms with E-state index in [-0.39, 0.29) is 6.61 Å². The van der Waals surface area contributed by atoms with Crippen molar-refractivity contribution in [2.24, 2.45) is 0 Å². The third-order valence-electron chi connectivity index (χ3n) is 2.76. The highest BCUT2D eigenvalue weighted by Crippen LogP contribution is 2.27. The van der Waals surface area contributed by atoms with Crippen LogP contribution in [-0.4, -0.2) is 23.2 Å². The van der Waals surface area contributed by atoms with E-state index in [0.29, 0.717) is 0 Å². The summed E-state index contributed by atoms with van der Waals surface area (Å²) < 4.78 is 0. The molecule has 0 fully saturated rings. The maximum atomic E-state index is 8.70. The second-order valence-corrected chi connectivity index (χ2v) is 3.98. The smallest absolute Gasteiger partial charge is 0.0630 e. The number of hydrogen-bond donors (Lipinski definition) is 3. The number of unbranched alkanes of at least 4 members (excludes halogenated alkanes) is 1. The molecule has 0 aliphatic heterocycles. The van der Waals surface area contributed by atoms with Gasteiger partial charge in [0.05, 0.1) is 11.4 Å². The lowest BCUT2D eigenvalue weighted by atomic mass is 10.1. The van der Waals surface area contributed by atoms with Crippen LogP contribution in [0.25, 0.3) is 10.8 Å². The summed E-state index contributed by atoms with van der Waals surface area (Å²) in [5, 5.41) is 14.1. The molecule has 0 aliphatic carbocycles. The molecular formula is C13H17N3O. The van der Waals surface area contributed by atoms with Crippen molar-refractivity contribution in [2.45, 2.75) is 12.8 Å². The summed E-state index contributed by atoms with van der Waals surface area (Å²) in [6, 6.07) is 5.90. The van der Waals surface area contributed by atoms with Gasteiger partial charge in [-0.1, -0.05) is 6.07 Å². The molecule has 0 radical (unpaired) electrons. The third-order valence-corrected chi connectivity index (χ3v) is 2.76. The molecule has 17 heavy (non-hydrogen) atoms. The van der Waals surface area contributed by atoms with Crippen molar-refractivity contribution in [1.29, 1.82) is 0 Å². The van der Waals surface area contributed by atoms with Crippen LogP contribution in [0.5, 0.6) is 0 Å². The van der Waals surface area contributed by atoms with E-state index in [0.717, 1.165) is 41.5 Å². The van der Waals surface area contributed by atoms with Crippen LogP contribution in [0.15, 0.2) is 30.6 Å². The fourth-order valence-electron chi connectivity index (χ4n) is 1.81. The van der Waals surface area contributed by atoms with Gasteiger partial charge in [-0.3, -0.25) is 4.98 Å². The number of nitrogens with two attached hydrogens (primary N) is 1. The van der Waals surface area contributed by atoms with E-state index < -0.39 is 0 Å². The van der Waals surface area contributed by atoms with Gasteiger partial charge in [-0.15, -0.1) is 0 Å². The number of nitrogens with zero attached hydrogens (tertiary/aromatic N) is 1. The lowest BCUT2D eigenvalue weighted by Gasteiger charge is -2.11. The van der Waals surface area contributed by atoms with E-state index in [4.69, 9.17) is 10.8 Å². The topological polar surface area (TPSA) is 71.2 Å². The number of aliphatic hydroxyl groups excluding tert-OH is 1. The Morgan fingerprint density at radius 3 is 2.94 bits per heavy atom. The maximum Gasteiger partial charge on any atom is 0.0630 e. The van der Waals surface area contributed by atoms with E-state index >= 15 is 0 Å². The van der Waals surface area contributed by atoms with Crippen LogP contribution >= 0.6 is 0 Å². The number of aliphatic hydroxyl groups is 1. The highest BCUT2D eigenvalue weighted by molar-refractivity contribution is 5.98. The number of nitrogens with one attached hydrogen (secondary N) is 1. The maximum absolute atomic E-state index is 8.70. The summed E-state index contributed by atoms with van der Waals surface area (Å²) in [4.78, 5) is 4.07. The van der Waals surface area contributed by atoms with Crippen LogP contribution in [0.3, 0.4) is 0 Å². The minimum atomic E-state index is 0.237. The summed E-state index contributed by atoms with van der Waals surface area (Å²) in [5.74, 6) is 0. The summed E-state index contributed by atoms with van der Waals surface area (Å²) in [5.41, 5.74) is 7.80. The number of rotatable bonds is 5. The van der Waals surface area contributed by atoms with Gasteiger partial charge in [0.2, 0.25) is 0 Å².